The number of methoxy groups -OCH3 is 1. The average molecular weight is 332 g/mol. The predicted molar refractivity (Wildman–Crippen MR) is 101 cm³/mol. The molecule has 0 bridgehead atoms. The van der Waals surface area contributed by atoms with Crippen LogP contribution in [0.3, 0.4) is 0 Å². The van der Waals surface area contributed by atoms with Crippen molar-refractivity contribution < 1.29 is 4.74 Å². The monoisotopic (exact) mass is 332 g/mol. The van der Waals surface area contributed by atoms with Crippen LogP contribution < -0.4 is 15.4 Å². The van der Waals surface area contributed by atoms with Crippen molar-refractivity contribution in [3.05, 3.63) is 29.8 Å². The Bertz CT molecular complexity index is 524. The van der Waals surface area contributed by atoms with Gasteiger partial charge in [0.15, 0.2) is 5.96 Å². The van der Waals surface area contributed by atoms with Gasteiger partial charge in [0.1, 0.15) is 5.75 Å². The molecule has 0 amide bonds. The van der Waals surface area contributed by atoms with Crippen molar-refractivity contribution in [2.75, 3.05) is 33.8 Å². The maximum atomic E-state index is 5.40. The topological polar surface area (TPSA) is 48.9 Å². The van der Waals surface area contributed by atoms with Gasteiger partial charge in [-0.15, -0.1) is 0 Å². The molecule has 1 aliphatic rings. The molecule has 0 radical (unpaired) electrons. The van der Waals surface area contributed by atoms with Crippen LogP contribution in [0.25, 0.3) is 0 Å². The lowest BCUT2D eigenvalue weighted by Crippen LogP contribution is -2.48. The summed E-state index contributed by atoms with van der Waals surface area (Å²) in [5.41, 5.74) is 1.13. The summed E-state index contributed by atoms with van der Waals surface area (Å²) in [4.78, 5) is 6.95. The van der Waals surface area contributed by atoms with Crippen molar-refractivity contribution >= 4 is 5.96 Å². The number of para-hydroxylation sites is 1. The normalized spacial score (nSPS) is 17.1. The van der Waals surface area contributed by atoms with E-state index in [1.807, 2.05) is 25.2 Å². The van der Waals surface area contributed by atoms with Gasteiger partial charge in [-0.2, -0.15) is 0 Å². The number of ether oxygens (including phenoxy) is 1. The lowest BCUT2D eigenvalue weighted by molar-refractivity contribution is 0.192. The number of hydrogen-bond donors (Lipinski definition) is 2. The number of nitrogens with one attached hydrogen (secondary N) is 2. The Morgan fingerprint density at radius 3 is 2.54 bits per heavy atom. The molecule has 0 saturated carbocycles. The summed E-state index contributed by atoms with van der Waals surface area (Å²) >= 11 is 0. The van der Waals surface area contributed by atoms with Gasteiger partial charge in [0, 0.05) is 31.7 Å². The van der Waals surface area contributed by atoms with Gasteiger partial charge in [0.2, 0.25) is 0 Å². The Morgan fingerprint density at radius 2 is 1.92 bits per heavy atom. The highest BCUT2D eigenvalue weighted by Crippen LogP contribution is 2.18. The molecule has 1 aliphatic heterocycles. The number of rotatable bonds is 7. The lowest BCUT2D eigenvalue weighted by Gasteiger charge is -2.31. The predicted octanol–water partition coefficient (Wildman–Crippen LogP) is 2.48. The van der Waals surface area contributed by atoms with Crippen LogP contribution in [0.5, 0.6) is 5.75 Å². The van der Waals surface area contributed by atoms with Crippen molar-refractivity contribution in [2.45, 2.75) is 39.3 Å². The highest BCUT2D eigenvalue weighted by molar-refractivity contribution is 5.79. The van der Waals surface area contributed by atoms with Gasteiger partial charge < -0.3 is 15.4 Å². The van der Waals surface area contributed by atoms with E-state index in [1.165, 1.54) is 25.9 Å². The molecule has 5 heteroatoms. The quantitative estimate of drug-likeness (QED) is 0.595. The van der Waals surface area contributed by atoms with E-state index in [4.69, 9.17) is 4.74 Å². The fourth-order valence-electron chi connectivity index (χ4n) is 3.31. The summed E-state index contributed by atoms with van der Waals surface area (Å²) in [6, 6.07) is 8.61. The minimum Gasteiger partial charge on any atom is -0.496 e. The van der Waals surface area contributed by atoms with Crippen LogP contribution in [-0.2, 0) is 6.54 Å². The van der Waals surface area contributed by atoms with Gasteiger partial charge in [-0.05, 0) is 37.9 Å². The van der Waals surface area contributed by atoms with Gasteiger partial charge in [-0.1, -0.05) is 32.0 Å². The molecule has 24 heavy (non-hydrogen) atoms. The second-order valence-electron chi connectivity index (χ2n) is 6.67. The molecule has 2 rings (SSSR count). The molecule has 0 spiro atoms. The summed E-state index contributed by atoms with van der Waals surface area (Å²) in [6.45, 7) is 8.66. The van der Waals surface area contributed by atoms with E-state index in [-0.39, 0.29) is 0 Å². The zero-order chi connectivity index (χ0) is 17.4. The van der Waals surface area contributed by atoms with Gasteiger partial charge in [-0.3, -0.25) is 9.89 Å². The van der Waals surface area contributed by atoms with E-state index in [9.17, 15) is 0 Å². The van der Waals surface area contributed by atoms with Gasteiger partial charge in [0.05, 0.1) is 7.11 Å². The first-order valence-corrected chi connectivity index (χ1v) is 8.96. The fraction of sp³-hybridized carbons (Fsp3) is 0.632. The van der Waals surface area contributed by atoms with Crippen molar-refractivity contribution in [3.63, 3.8) is 0 Å². The Hall–Kier alpha value is -1.75. The smallest absolute Gasteiger partial charge is 0.191 e. The first-order chi connectivity index (χ1) is 11.7. The van der Waals surface area contributed by atoms with Gasteiger partial charge in [0.25, 0.3) is 0 Å². The van der Waals surface area contributed by atoms with E-state index in [0.717, 1.165) is 23.8 Å². The highest BCUT2D eigenvalue weighted by Gasteiger charge is 2.24. The largest absolute Gasteiger partial charge is 0.496 e. The van der Waals surface area contributed by atoms with Crippen LogP contribution >= 0.6 is 0 Å². The number of guanidine groups is 1. The number of hydrogen-bond acceptors (Lipinski definition) is 3. The molecule has 5 nitrogen and oxygen atoms in total. The summed E-state index contributed by atoms with van der Waals surface area (Å²) in [7, 11) is 3.52. The second kappa shape index (κ2) is 9.52. The van der Waals surface area contributed by atoms with Gasteiger partial charge in [-0.25, -0.2) is 0 Å². The van der Waals surface area contributed by atoms with Crippen LogP contribution in [-0.4, -0.2) is 50.7 Å². The molecule has 2 N–H and O–H groups in total. The zero-order valence-electron chi connectivity index (χ0n) is 15.5. The van der Waals surface area contributed by atoms with Crippen LogP contribution in [0.2, 0.25) is 0 Å². The summed E-state index contributed by atoms with van der Waals surface area (Å²) < 4.78 is 5.40. The number of likely N-dealkylation sites (tertiary alicyclic amines) is 1. The Morgan fingerprint density at radius 1 is 1.21 bits per heavy atom. The minimum absolute atomic E-state index is 0.553. The maximum Gasteiger partial charge on any atom is 0.191 e. The van der Waals surface area contributed by atoms with Crippen LogP contribution in [0.4, 0.5) is 0 Å². The van der Waals surface area contributed by atoms with E-state index in [0.29, 0.717) is 18.5 Å². The fourth-order valence-corrected chi connectivity index (χ4v) is 3.31. The van der Waals surface area contributed by atoms with Crippen LogP contribution in [0.15, 0.2) is 29.3 Å². The third-order valence-corrected chi connectivity index (χ3v) is 4.72. The molecule has 1 unspecified atom stereocenters. The zero-order valence-corrected chi connectivity index (χ0v) is 15.5. The molecule has 0 aromatic heterocycles. The van der Waals surface area contributed by atoms with Crippen molar-refractivity contribution in [2.24, 2.45) is 10.9 Å². The molecule has 1 aromatic rings. The van der Waals surface area contributed by atoms with Crippen molar-refractivity contribution in [3.8, 4) is 5.75 Å². The van der Waals surface area contributed by atoms with E-state index in [2.05, 4.69) is 40.4 Å². The maximum absolute atomic E-state index is 5.40. The van der Waals surface area contributed by atoms with Crippen LogP contribution in [0.1, 0.15) is 32.3 Å². The number of benzene rings is 1. The minimum atomic E-state index is 0.553. The highest BCUT2D eigenvalue weighted by atomic mass is 16.5. The third kappa shape index (κ3) is 5.13. The molecule has 1 heterocycles. The SMILES string of the molecule is CN=C(NCc1ccccc1OC)NCC(C(C)C)N1CCCC1. The first-order valence-electron chi connectivity index (χ1n) is 8.96. The van der Waals surface area contributed by atoms with Crippen LogP contribution in [0, 0.1) is 5.92 Å². The van der Waals surface area contributed by atoms with E-state index < -0.39 is 0 Å². The van der Waals surface area contributed by atoms with Gasteiger partial charge >= 0.3 is 0 Å². The molecule has 1 saturated heterocycles. The number of nitrogens with zero attached hydrogens (tertiary/aromatic N) is 2. The first kappa shape index (κ1) is 18.6. The van der Waals surface area contributed by atoms with Crippen molar-refractivity contribution in [1.29, 1.82) is 0 Å². The molecule has 134 valence electrons. The summed E-state index contributed by atoms with van der Waals surface area (Å²) in [5, 5.41) is 6.88. The Kier molecular flexibility index (Phi) is 7.37. The molecule has 1 aromatic carbocycles. The number of aliphatic imine (C=N–C) groups is 1. The molecular formula is C19H32N4O. The van der Waals surface area contributed by atoms with Crippen molar-refractivity contribution in [1.82, 2.24) is 15.5 Å². The molecular weight excluding hydrogens is 300 g/mol. The molecule has 0 aliphatic carbocycles. The lowest BCUT2D eigenvalue weighted by atomic mass is 10.0. The molecule has 1 fully saturated rings. The second-order valence-corrected chi connectivity index (χ2v) is 6.67. The summed E-state index contributed by atoms with van der Waals surface area (Å²) in [6.07, 6.45) is 2.65. The van der Waals surface area contributed by atoms with E-state index >= 15 is 0 Å². The molecule has 1 atom stereocenters. The third-order valence-electron chi connectivity index (χ3n) is 4.72. The standard InChI is InChI=1S/C19H32N4O/c1-15(2)17(23-11-7-8-12-23)14-22-19(20-3)21-13-16-9-5-6-10-18(16)24-4/h5-6,9-10,15,17H,7-8,11-14H2,1-4H3,(H2,20,21,22). The Balaban J connectivity index is 1.87. The summed E-state index contributed by atoms with van der Waals surface area (Å²) in [5.74, 6) is 2.37. The average Bonchev–Trinajstić information content (AvgIpc) is 3.12. The van der Waals surface area contributed by atoms with E-state index in [1.54, 1.807) is 7.11 Å². The Labute approximate surface area is 146 Å².